The molecule has 0 radical (unpaired) electrons. The van der Waals surface area contributed by atoms with Gasteiger partial charge < -0.3 is 8.85 Å². The first kappa shape index (κ1) is 8.72. The number of halogens is 2. The van der Waals surface area contributed by atoms with E-state index in [1.54, 1.807) is 0 Å². The molecule has 0 aliphatic heterocycles. The summed E-state index contributed by atoms with van der Waals surface area (Å²) in [5.74, 6) is 0. The summed E-state index contributed by atoms with van der Waals surface area (Å²) < 4.78 is 9.15. The van der Waals surface area contributed by atoms with Crippen molar-refractivity contribution in [1.29, 1.82) is 0 Å². The van der Waals surface area contributed by atoms with Gasteiger partial charge in [-0.1, -0.05) is 0 Å². The highest BCUT2D eigenvalue weighted by Gasteiger charge is 2.18. The summed E-state index contributed by atoms with van der Waals surface area (Å²) in [6.07, 6.45) is 0. The fourth-order valence-electron chi connectivity index (χ4n) is 0.302. The van der Waals surface area contributed by atoms with Crippen LogP contribution >= 0.6 is 23.2 Å². The maximum Gasteiger partial charge on any atom is 0.355 e. The molecule has 0 aromatic carbocycles. The van der Waals surface area contributed by atoms with Crippen LogP contribution in [0.25, 0.3) is 0 Å². The summed E-state index contributed by atoms with van der Waals surface area (Å²) in [7, 11) is 1.35. The van der Waals surface area contributed by atoms with Crippen LogP contribution in [0, 0.1) is 0 Å². The van der Waals surface area contributed by atoms with E-state index >= 15 is 0 Å². The van der Waals surface area contributed by atoms with Gasteiger partial charge in [-0.15, -0.1) is 23.2 Å². The molecule has 2 nitrogen and oxygen atoms in total. The van der Waals surface area contributed by atoms with Gasteiger partial charge in [0.05, 0.1) is 0 Å². The van der Waals surface area contributed by atoms with Gasteiger partial charge in [-0.3, -0.25) is 0 Å². The molecule has 0 amide bonds. The third-order valence-corrected chi connectivity index (χ3v) is 3.25. The van der Waals surface area contributed by atoms with Crippen molar-refractivity contribution < 1.29 is 8.85 Å². The van der Waals surface area contributed by atoms with Crippen molar-refractivity contribution in [1.82, 2.24) is 0 Å². The highest BCUT2D eigenvalue weighted by Crippen LogP contribution is 2.06. The lowest BCUT2D eigenvalue weighted by Crippen LogP contribution is -2.27. The van der Waals surface area contributed by atoms with Crippen molar-refractivity contribution >= 4 is 32.5 Å². The minimum absolute atomic E-state index is 0.481. The van der Waals surface area contributed by atoms with Crippen LogP contribution in [0.2, 0.25) is 0 Å². The van der Waals surface area contributed by atoms with Crippen LogP contribution in [0.1, 0.15) is 0 Å². The fourth-order valence-corrected chi connectivity index (χ4v) is 2.14. The molecule has 8 heavy (non-hydrogen) atoms. The Morgan fingerprint density at radius 2 is 1.62 bits per heavy atom. The third-order valence-electron chi connectivity index (χ3n) is 0.670. The fraction of sp³-hybridized carbons (Fsp3) is 1.00. The zero-order valence-electron chi connectivity index (χ0n) is 4.73. The second kappa shape index (κ2) is 4.58. The lowest BCUT2D eigenvalue weighted by atomic mass is 11.8. The molecule has 0 unspecified atom stereocenters. The molecule has 5 heteroatoms. The van der Waals surface area contributed by atoms with E-state index < -0.39 is 13.7 Å². The van der Waals surface area contributed by atoms with Gasteiger partial charge in [-0.25, -0.2) is 0 Å². The summed E-state index contributed by atoms with van der Waals surface area (Å²) in [5, 5.41) is 0. The Bertz CT molecular complexity index is 57.2. The van der Waals surface area contributed by atoms with Crippen LogP contribution in [-0.2, 0) is 8.85 Å². The Balaban J connectivity index is 3.35. The molecule has 0 N–H and O–H groups in total. The Hall–Kier alpha value is 0.717. The van der Waals surface area contributed by atoms with E-state index in [9.17, 15) is 0 Å². The molecule has 0 rings (SSSR count). The average molecular weight is 175 g/mol. The SMILES string of the molecule is CO[SiH](OC)C(Cl)Cl. The molecule has 0 saturated carbocycles. The number of hydrogen-bond acceptors (Lipinski definition) is 2. The highest BCUT2D eigenvalue weighted by molar-refractivity contribution is 6.72. The Morgan fingerprint density at radius 3 is 1.62 bits per heavy atom. The summed E-state index contributed by atoms with van der Waals surface area (Å²) in [6, 6.07) is 0. The zero-order chi connectivity index (χ0) is 6.57. The largest absolute Gasteiger partial charge is 0.398 e. The monoisotopic (exact) mass is 174 g/mol. The van der Waals surface area contributed by atoms with E-state index in [-0.39, 0.29) is 0 Å². The van der Waals surface area contributed by atoms with Crippen LogP contribution in [0.4, 0.5) is 0 Å². The van der Waals surface area contributed by atoms with Crippen molar-refractivity contribution in [2.45, 2.75) is 4.46 Å². The Morgan fingerprint density at radius 1 is 1.25 bits per heavy atom. The minimum atomic E-state index is -1.73. The quantitative estimate of drug-likeness (QED) is 0.467. The molecule has 0 aromatic rings. The lowest BCUT2D eigenvalue weighted by Gasteiger charge is -2.09. The van der Waals surface area contributed by atoms with Gasteiger partial charge in [0.1, 0.15) is 4.46 Å². The summed E-state index contributed by atoms with van der Waals surface area (Å²) >= 11 is 10.8. The van der Waals surface area contributed by atoms with Crippen molar-refractivity contribution in [3.8, 4) is 0 Å². The number of rotatable bonds is 3. The van der Waals surface area contributed by atoms with Gasteiger partial charge in [0.2, 0.25) is 0 Å². The van der Waals surface area contributed by atoms with Gasteiger partial charge in [0.15, 0.2) is 0 Å². The Kier molecular flexibility index (Phi) is 4.99. The molecule has 0 aliphatic rings. The molecule has 0 atom stereocenters. The molecule has 0 bridgehead atoms. The van der Waals surface area contributed by atoms with E-state index in [0.29, 0.717) is 0 Å². The molecule has 0 heterocycles. The van der Waals surface area contributed by atoms with Crippen LogP contribution in [0.5, 0.6) is 0 Å². The molecule has 0 aromatic heterocycles. The van der Waals surface area contributed by atoms with Gasteiger partial charge >= 0.3 is 9.28 Å². The van der Waals surface area contributed by atoms with Gasteiger partial charge in [-0.2, -0.15) is 0 Å². The van der Waals surface area contributed by atoms with Gasteiger partial charge in [0, 0.05) is 14.2 Å². The molecular weight excluding hydrogens is 167 g/mol. The van der Waals surface area contributed by atoms with E-state index in [4.69, 9.17) is 32.1 Å². The van der Waals surface area contributed by atoms with E-state index in [1.165, 1.54) is 14.2 Å². The number of hydrogen-bond donors (Lipinski definition) is 0. The number of alkyl halides is 2. The van der Waals surface area contributed by atoms with E-state index in [2.05, 4.69) is 0 Å². The van der Waals surface area contributed by atoms with E-state index in [1.807, 2.05) is 0 Å². The average Bonchev–Trinajstić information content (AvgIpc) is 1.69. The second-order valence-corrected chi connectivity index (χ2v) is 5.53. The molecule has 0 spiro atoms. The minimum Gasteiger partial charge on any atom is -0.398 e. The molecular formula is C3H8Cl2O2Si. The van der Waals surface area contributed by atoms with Crippen molar-refractivity contribution in [2.75, 3.05) is 14.2 Å². The Labute approximate surface area is 60.5 Å². The molecule has 0 aliphatic carbocycles. The maximum atomic E-state index is 5.42. The van der Waals surface area contributed by atoms with Gasteiger partial charge in [-0.05, 0) is 0 Å². The zero-order valence-corrected chi connectivity index (χ0v) is 7.39. The van der Waals surface area contributed by atoms with Crippen LogP contribution in [0.3, 0.4) is 0 Å². The van der Waals surface area contributed by atoms with Crippen molar-refractivity contribution in [3.05, 3.63) is 0 Å². The molecule has 50 valence electrons. The summed E-state index contributed by atoms with van der Waals surface area (Å²) in [5.41, 5.74) is 0. The second-order valence-electron chi connectivity index (χ2n) is 1.17. The third kappa shape index (κ3) is 2.89. The summed E-state index contributed by atoms with van der Waals surface area (Å²) in [4.78, 5) is 0. The van der Waals surface area contributed by atoms with Crippen molar-refractivity contribution in [2.24, 2.45) is 0 Å². The smallest absolute Gasteiger partial charge is 0.355 e. The first-order valence-corrected chi connectivity index (χ1v) is 4.54. The first-order chi connectivity index (χ1) is 3.72. The molecule has 0 fully saturated rings. The lowest BCUT2D eigenvalue weighted by molar-refractivity contribution is 0.281. The van der Waals surface area contributed by atoms with E-state index in [0.717, 1.165) is 0 Å². The van der Waals surface area contributed by atoms with Crippen LogP contribution in [0.15, 0.2) is 0 Å². The van der Waals surface area contributed by atoms with Crippen LogP contribution < -0.4 is 0 Å². The van der Waals surface area contributed by atoms with Gasteiger partial charge in [0.25, 0.3) is 0 Å². The predicted octanol–water partition coefficient (Wildman–Crippen LogP) is 0.843. The van der Waals surface area contributed by atoms with Crippen LogP contribution in [-0.4, -0.2) is 28.0 Å². The topological polar surface area (TPSA) is 18.5 Å². The molecule has 0 saturated heterocycles. The normalized spacial score (nSPS) is 11.2. The summed E-state index contributed by atoms with van der Waals surface area (Å²) in [6.45, 7) is 0. The van der Waals surface area contributed by atoms with Crippen molar-refractivity contribution in [3.63, 3.8) is 0 Å². The highest BCUT2D eigenvalue weighted by atomic mass is 35.5. The first-order valence-electron chi connectivity index (χ1n) is 2.06. The standard InChI is InChI=1S/C3H8Cl2O2Si/c1-6-8(7-2)3(4)5/h3,8H,1-2H3. The maximum absolute atomic E-state index is 5.42. The predicted molar refractivity (Wildman–Crippen MR) is 36.7 cm³/mol.